The van der Waals surface area contributed by atoms with Crippen LogP contribution in [0.5, 0.6) is 5.75 Å². The van der Waals surface area contributed by atoms with Gasteiger partial charge in [-0.25, -0.2) is 0 Å². The normalized spacial score (nSPS) is 20.9. The van der Waals surface area contributed by atoms with Crippen molar-refractivity contribution in [2.24, 2.45) is 0 Å². The molecule has 1 aliphatic heterocycles. The summed E-state index contributed by atoms with van der Waals surface area (Å²) in [6, 6.07) is 17.1. The van der Waals surface area contributed by atoms with E-state index in [-0.39, 0.29) is 11.7 Å². The van der Waals surface area contributed by atoms with Crippen molar-refractivity contribution in [3.8, 4) is 5.75 Å². The highest BCUT2D eigenvalue weighted by Crippen LogP contribution is 2.28. The average molecular weight is 312 g/mol. The lowest BCUT2D eigenvalue weighted by Gasteiger charge is -2.30. The third-order valence-corrected chi connectivity index (χ3v) is 4.25. The molecule has 1 fully saturated rings. The molecule has 1 aliphatic rings. The second kappa shape index (κ2) is 7.24. The lowest BCUT2D eigenvalue weighted by atomic mass is 9.87. The van der Waals surface area contributed by atoms with E-state index in [1.807, 2.05) is 6.07 Å². The molecule has 0 aromatic heterocycles. The van der Waals surface area contributed by atoms with Gasteiger partial charge in [0.2, 0.25) is 0 Å². The molecule has 0 bridgehead atoms. The molecule has 0 unspecified atom stereocenters. The van der Waals surface area contributed by atoms with Crippen molar-refractivity contribution in [1.82, 2.24) is 5.32 Å². The first-order valence-corrected chi connectivity index (χ1v) is 7.88. The molecular weight excluding hydrogens is 292 g/mol. The number of nitrogens with zero attached hydrogens (tertiary/aromatic N) is 1. The van der Waals surface area contributed by atoms with Gasteiger partial charge in [0.05, 0.1) is 11.0 Å². The van der Waals surface area contributed by atoms with Crippen LogP contribution in [0.3, 0.4) is 0 Å². The number of hydrogen-bond donors (Lipinski definition) is 1. The van der Waals surface area contributed by atoms with Gasteiger partial charge in [-0.15, -0.1) is 0 Å². The van der Waals surface area contributed by atoms with Gasteiger partial charge in [0.15, 0.2) is 0 Å². The van der Waals surface area contributed by atoms with E-state index in [1.54, 1.807) is 12.1 Å². The van der Waals surface area contributed by atoms with Gasteiger partial charge in [0, 0.05) is 12.1 Å². The Balaban J connectivity index is 1.58. The van der Waals surface area contributed by atoms with E-state index in [4.69, 9.17) is 4.74 Å². The van der Waals surface area contributed by atoms with Gasteiger partial charge in [0.25, 0.3) is 5.69 Å². The predicted octanol–water partition coefficient (Wildman–Crippen LogP) is 3.51. The van der Waals surface area contributed by atoms with Gasteiger partial charge < -0.3 is 10.1 Å². The van der Waals surface area contributed by atoms with Crippen molar-refractivity contribution in [2.75, 3.05) is 13.2 Å². The second-order valence-corrected chi connectivity index (χ2v) is 5.85. The summed E-state index contributed by atoms with van der Waals surface area (Å²) in [5.41, 5.74) is 1.43. The zero-order valence-electron chi connectivity index (χ0n) is 12.9. The van der Waals surface area contributed by atoms with Gasteiger partial charge in [-0.05, 0) is 36.9 Å². The molecule has 1 N–H and O–H groups in total. The van der Waals surface area contributed by atoms with Crippen molar-refractivity contribution < 1.29 is 9.66 Å². The summed E-state index contributed by atoms with van der Waals surface area (Å²) >= 11 is 0. The number of rotatable bonds is 5. The van der Waals surface area contributed by atoms with Crippen LogP contribution in [0.15, 0.2) is 54.6 Å². The van der Waals surface area contributed by atoms with Gasteiger partial charge >= 0.3 is 0 Å². The zero-order valence-corrected chi connectivity index (χ0v) is 12.9. The summed E-state index contributed by atoms with van der Waals surface area (Å²) < 4.78 is 5.75. The van der Waals surface area contributed by atoms with Crippen LogP contribution in [0, 0.1) is 10.1 Å². The third kappa shape index (κ3) is 4.07. The molecule has 0 spiro atoms. The number of nitrogens with one attached hydrogen (secondary N) is 1. The number of nitro benzene ring substituents is 1. The van der Waals surface area contributed by atoms with Crippen molar-refractivity contribution in [1.29, 1.82) is 0 Å². The molecule has 5 nitrogen and oxygen atoms in total. The van der Waals surface area contributed by atoms with E-state index < -0.39 is 4.92 Å². The van der Waals surface area contributed by atoms with Crippen LogP contribution in [0.4, 0.5) is 5.69 Å². The lowest BCUT2D eigenvalue weighted by Crippen LogP contribution is -2.41. The molecule has 1 heterocycles. The maximum absolute atomic E-state index is 10.8. The number of nitro groups is 1. The molecule has 0 aliphatic carbocycles. The van der Waals surface area contributed by atoms with Gasteiger partial charge in [-0.3, -0.25) is 10.1 Å². The Hall–Kier alpha value is -2.40. The highest BCUT2D eigenvalue weighted by Gasteiger charge is 2.23. The summed E-state index contributed by atoms with van der Waals surface area (Å²) in [4.78, 5) is 10.4. The number of benzene rings is 2. The van der Waals surface area contributed by atoms with E-state index in [1.165, 1.54) is 17.7 Å². The lowest BCUT2D eigenvalue weighted by molar-refractivity contribution is -0.384. The molecule has 3 rings (SSSR count). The fraction of sp³-hybridized carbons (Fsp3) is 0.333. The third-order valence-electron chi connectivity index (χ3n) is 4.25. The largest absolute Gasteiger partial charge is 0.492 e. The van der Waals surface area contributed by atoms with Crippen LogP contribution < -0.4 is 10.1 Å². The number of piperidine rings is 1. The minimum absolute atomic E-state index is 0.0567. The van der Waals surface area contributed by atoms with Crippen molar-refractivity contribution in [3.05, 3.63) is 70.3 Å². The fourth-order valence-electron chi connectivity index (χ4n) is 3.04. The van der Waals surface area contributed by atoms with Gasteiger partial charge in [-0.1, -0.05) is 36.4 Å². The maximum Gasteiger partial charge on any atom is 0.273 e. The highest BCUT2D eigenvalue weighted by atomic mass is 16.6. The maximum atomic E-state index is 10.8. The van der Waals surface area contributed by atoms with Crippen LogP contribution >= 0.6 is 0 Å². The smallest absolute Gasteiger partial charge is 0.273 e. The molecule has 2 atom stereocenters. The quantitative estimate of drug-likeness (QED) is 0.678. The number of hydrogen-bond acceptors (Lipinski definition) is 4. The first-order valence-electron chi connectivity index (χ1n) is 7.88. The fourth-order valence-corrected chi connectivity index (χ4v) is 3.04. The average Bonchev–Trinajstić information content (AvgIpc) is 2.61. The molecule has 23 heavy (non-hydrogen) atoms. The second-order valence-electron chi connectivity index (χ2n) is 5.85. The molecule has 2 aromatic rings. The zero-order chi connectivity index (χ0) is 16.1. The summed E-state index contributed by atoms with van der Waals surface area (Å²) in [6.45, 7) is 1.48. The van der Waals surface area contributed by atoms with Crippen LogP contribution in [0.2, 0.25) is 0 Å². The van der Waals surface area contributed by atoms with Crippen molar-refractivity contribution in [3.63, 3.8) is 0 Å². The van der Waals surface area contributed by atoms with E-state index in [9.17, 15) is 10.1 Å². The van der Waals surface area contributed by atoms with E-state index >= 15 is 0 Å². The van der Waals surface area contributed by atoms with Gasteiger partial charge in [0.1, 0.15) is 12.4 Å². The van der Waals surface area contributed by atoms with Crippen LogP contribution in [0.25, 0.3) is 0 Å². The van der Waals surface area contributed by atoms with Crippen LogP contribution in [0.1, 0.15) is 24.3 Å². The summed E-state index contributed by atoms with van der Waals surface area (Å²) in [5, 5.41) is 14.3. The summed E-state index contributed by atoms with van der Waals surface area (Å²) in [6.07, 6.45) is 2.14. The number of non-ortho nitro benzene ring substituents is 1. The Kier molecular flexibility index (Phi) is 4.88. The molecule has 0 radical (unpaired) electrons. The molecule has 0 amide bonds. The Morgan fingerprint density at radius 2 is 2.00 bits per heavy atom. The van der Waals surface area contributed by atoms with E-state index in [0.29, 0.717) is 18.3 Å². The summed E-state index contributed by atoms with van der Waals surface area (Å²) in [5.74, 6) is 1.08. The molecule has 5 heteroatoms. The Morgan fingerprint density at radius 1 is 1.17 bits per heavy atom. The minimum Gasteiger partial charge on any atom is -0.492 e. The topological polar surface area (TPSA) is 64.4 Å². The van der Waals surface area contributed by atoms with Crippen molar-refractivity contribution >= 4 is 5.69 Å². The minimum atomic E-state index is -0.406. The Morgan fingerprint density at radius 3 is 2.78 bits per heavy atom. The Labute approximate surface area is 135 Å². The monoisotopic (exact) mass is 312 g/mol. The molecule has 0 saturated carbocycles. The van der Waals surface area contributed by atoms with Crippen molar-refractivity contribution in [2.45, 2.75) is 24.8 Å². The predicted molar refractivity (Wildman–Crippen MR) is 88.8 cm³/mol. The standard InChI is InChI=1S/C18H20N2O3/c21-20(22)17-7-4-8-18(12-17)23-13-16-11-15(9-10-19-16)14-5-2-1-3-6-14/h1-8,12,15-16,19H,9-11,13H2/t15-,16-/m0/s1. The Bertz CT molecular complexity index is 660. The molecular formula is C18H20N2O3. The first-order chi connectivity index (χ1) is 11.2. The number of ether oxygens (including phenoxy) is 1. The first kappa shape index (κ1) is 15.5. The van der Waals surface area contributed by atoms with Crippen LogP contribution in [-0.4, -0.2) is 24.1 Å². The molecule has 2 aromatic carbocycles. The van der Waals surface area contributed by atoms with E-state index in [0.717, 1.165) is 19.4 Å². The highest BCUT2D eigenvalue weighted by molar-refractivity contribution is 5.38. The van der Waals surface area contributed by atoms with Gasteiger partial charge in [-0.2, -0.15) is 0 Å². The summed E-state index contributed by atoms with van der Waals surface area (Å²) in [7, 11) is 0. The van der Waals surface area contributed by atoms with E-state index in [2.05, 4.69) is 29.6 Å². The molecule has 1 saturated heterocycles. The molecule has 120 valence electrons. The SMILES string of the molecule is O=[N+]([O-])c1cccc(OC[C@@H]2C[C@@H](c3ccccc3)CCN2)c1. The van der Waals surface area contributed by atoms with Crippen LogP contribution in [-0.2, 0) is 0 Å².